The van der Waals surface area contributed by atoms with Crippen LogP contribution in [0, 0.1) is 11.8 Å². The number of pyridine rings is 1. The first-order valence-corrected chi connectivity index (χ1v) is 7.99. The quantitative estimate of drug-likeness (QED) is 0.873. The highest BCUT2D eigenvalue weighted by atomic mass is 16.1. The number of hydrogen-bond donors (Lipinski definition) is 2. The number of amides is 1. The second-order valence-electron chi connectivity index (χ2n) is 6.45. The van der Waals surface area contributed by atoms with E-state index in [1.165, 1.54) is 19.3 Å². The fourth-order valence-corrected chi connectivity index (χ4v) is 2.96. The van der Waals surface area contributed by atoms with E-state index in [4.69, 9.17) is 0 Å². The molecule has 0 saturated heterocycles. The maximum atomic E-state index is 12.4. The molecule has 0 bridgehead atoms. The summed E-state index contributed by atoms with van der Waals surface area (Å²) in [5, 5.41) is 6.12. The zero-order valence-corrected chi connectivity index (χ0v) is 13.6. The normalized spacial score (nSPS) is 21.6. The zero-order valence-electron chi connectivity index (χ0n) is 13.6. The van der Waals surface area contributed by atoms with Gasteiger partial charge in [0.1, 0.15) is 5.82 Å². The molecule has 1 fully saturated rings. The number of aromatic nitrogens is 1. The monoisotopic (exact) mass is 289 g/mol. The standard InChI is InChI=1S/C17H27N3O/c1-11(2)15-8-14(9-16(18-4)20-15)17(21)19-10-13-7-5-6-12(13)3/h8-9,11-13H,5-7,10H2,1-4H3,(H,18,20)(H,19,21). The van der Waals surface area contributed by atoms with Gasteiger partial charge >= 0.3 is 0 Å². The number of hydrogen-bond acceptors (Lipinski definition) is 3. The topological polar surface area (TPSA) is 54.0 Å². The predicted molar refractivity (Wildman–Crippen MR) is 86.7 cm³/mol. The highest BCUT2D eigenvalue weighted by molar-refractivity contribution is 5.95. The van der Waals surface area contributed by atoms with Gasteiger partial charge in [-0.1, -0.05) is 33.6 Å². The maximum absolute atomic E-state index is 12.4. The van der Waals surface area contributed by atoms with Crippen LogP contribution < -0.4 is 10.6 Å². The van der Waals surface area contributed by atoms with Crippen molar-refractivity contribution in [3.63, 3.8) is 0 Å². The molecule has 1 aliphatic rings. The first kappa shape index (κ1) is 15.8. The van der Waals surface area contributed by atoms with Crippen molar-refractivity contribution in [1.29, 1.82) is 0 Å². The Labute approximate surface area is 127 Å². The predicted octanol–water partition coefficient (Wildman–Crippen LogP) is 3.41. The minimum absolute atomic E-state index is 0.00917. The van der Waals surface area contributed by atoms with Gasteiger partial charge in [0.15, 0.2) is 0 Å². The molecule has 2 N–H and O–H groups in total. The molecule has 116 valence electrons. The molecule has 4 heteroatoms. The Morgan fingerprint density at radius 2 is 2.14 bits per heavy atom. The maximum Gasteiger partial charge on any atom is 0.251 e. The van der Waals surface area contributed by atoms with Crippen molar-refractivity contribution in [2.45, 2.75) is 46.0 Å². The van der Waals surface area contributed by atoms with Crippen molar-refractivity contribution < 1.29 is 4.79 Å². The number of carbonyl (C=O) groups excluding carboxylic acids is 1. The van der Waals surface area contributed by atoms with E-state index in [0.29, 0.717) is 17.4 Å². The third-order valence-electron chi connectivity index (χ3n) is 4.52. The summed E-state index contributed by atoms with van der Waals surface area (Å²) in [6, 6.07) is 3.72. The second-order valence-corrected chi connectivity index (χ2v) is 6.45. The number of carbonyl (C=O) groups is 1. The molecule has 1 heterocycles. The Hall–Kier alpha value is -1.58. The van der Waals surface area contributed by atoms with E-state index in [9.17, 15) is 4.79 Å². The highest BCUT2D eigenvalue weighted by Gasteiger charge is 2.23. The number of nitrogens with one attached hydrogen (secondary N) is 2. The summed E-state index contributed by atoms with van der Waals surface area (Å²) in [5.41, 5.74) is 1.64. The van der Waals surface area contributed by atoms with Crippen molar-refractivity contribution >= 4 is 11.7 Å². The van der Waals surface area contributed by atoms with Crippen LogP contribution in [0.2, 0.25) is 0 Å². The van der Waals surface area contributed by atoms with Crippen LogP contribution in [0.5, 0.6) is 0 Å². The van der Waals surface area contributed by atoms with Gasteiger partial charge in [-0.25, -0.2) is 4.98 Å². The molecule has 21 heavy (non-hydrogen) atoms. The van der Waals surface area contributed by atoms with Gasteiger partial charge in [-0.15, -0.1) is 0 Å². The smallest absolute Gasteiger partial charge is 0.251 e. The Balaban J connectivity index is 2.05. The zero-order chi connectivity index (χ0) is 15.4. The summed E-state index contributed by atoms with van der Waals surface area (Å²) in [4.78, 5) is 16.9. The lowest BCUT2D eigenvalue weighted by Gasteiger charge is -2.16. The molecular formula is C17H27N3O. The average molecular weight is 289 g/mol. The van der Waals surface area contributed by atoms with E-state index < -0.39 is 0 Å². The molecule has 1 saturated carbocycles. The lowest BCUT2D eigenvalue weighted by atomic mass is 9.98. The van der Waals surface area contributed by atoms with Crippen LogP contribution in [0.3, 0.4) is 0 Å². The largest absolute Gasteiger partial charge is 0.373 e. The number of anilines is 1. The van der Waals surface area contributed by atoms with Gasteiger partial charge in [0.2, 0.25) is 0 Å². The molecule has 1 aliphatic carbocycles. The minimum Gasteiger partial charge on any atom is -0.373 e. The van der Waals surface area contributed by atoms with Gasteiger partial charge in [-0.05, 0) is 36.3 Å². The average Bonchev–Trinajstić information content (AvgIpc) is 2.89. The van der Waals surface area contributed by atoms with Gasteiger partial charge in [0, 0.05) is 24.8 Å². The fourth-order valence-electron chi connectivity index (χ4n) is 2.96. The first-order valence-electron chi connectivity index (χ1n) is 7.99. The van der Waals surface area contributed by atoms with Crippen molar-refractivity contribution in [3.8, 4) is 0 Å². The molecule has 1 aromatic heterocycles. The van der Waals surface area contributed by atoms with Crippen molar-refractivity contribution in [3.05, 3.63) is 23.4 Å². The highest BCUT2D eigenvalue weighted by Crippen LogP contribution is 2.30. The SMILES string of the molecule is CNc1cc(C(=O)NCC2CCCC2C)cc(C(C)C)n1. The van der Waals surface area contributed by atoms with Crippen LogP contribution in [0.4, 0.5) is 5.82 Å². The third-order valence-corrected chi connectivity index (χ3v) is 4.52. The number of nitrogens with zero attached hydrogens (tertiary/aromatic N) is 1. The Bertz CT molecular complexity index is 499. The van der Waals surface area contributed by atoms with Crippen LogP contribution in [0.15, 0.2) is 12.1 Å². The lowest BCUT2D eigenvalue weighted by molar-refractivity contribution is 0.0944. The van der Waals surface area contributed by atoms with Crippen LogP contribution in [-0.2, 0) is 0 Å². The Morgan fingerprint density at radius 1 is 1.38 bits per heavy atom. The summed E-state index contributed by atoms with van der Waals surface area (Å²) in [7, 11) is 1.83. The number of rotatable bonds is 5. The van der Waals surface area contributed by atoms with E-state index in [1.807, 2.05) is 19.2 Å². The minimum atomic E-state index is 0.00917. The summed E-state index contributed by atoms with van der Waals surface area (Å²) < 4.78 is 0. The van der Waals surface area contributed by atoms with Crippen molar-refractivity contribution in [2.24, 2.45) is 11.8 Å². The van der Waals surface area contributed by atoms with Gasteiger partial charge in [-0.2, -0.15) is 0 Å². The van der Waals surface area contributed by atoms with Gasteiger partial charge in [0.05, 0.1) is 0 Å². The molecule has 2 atom stereocenters. The summed E-state index contributed by atoms with van der Waals surface area (Å²) in [5.74, 6) is 2.42. The molecule has 0 spiro atoms. The molecule has 2 unspecified atom stereocenters. The van der Waals surface area contributed by atoms with E-state index in [0.717, 1.165) is 24.0 Å². The van der Waals surface area contributed by atoms with E-state index in [2.05, 4.69) is 36.4 Å². The molecule has 1 amide bonds. The van der Waals surface area contributed by atoms with Gasteiger partial charge in [0.25, 0.3) is 5.91 Å². The lowest BCUT2D eigenvalue weighted by Crippen LogP contribution is -2.30. The van der Waals surface area contributed by atoms with Gasteiger partial charge < -0.3 is 10.6 Å². The van der Waals surface area contributed by atoms with E-state index in [-0.39, 0.29) is 5.91 Å². The van der Waals surface area contributed by atoms with E-state index >= 15 is 0 Å². The first-order chi connectivity index (χ1) is 10.0. The molecule has 0 radical (unpaired) electrons. The molecular weight excluding hydrogens is 262 g/mol. The molecule has 0 aliphatic heterocycles. The van der Waals surface area contributed by atoms with E-state index in [1.54, 1.807) is 0 Å². The second kappa shape index (κ2) is 6.92. The molecule has 1 aromatic rings. The molecule has 2 rings (SSSR count). The van der Waals surface area contributed by atoms with Crippen molar-refractivity contribution in [1.82, 2.24) is 10.3 Å². The molecule has 0 aromatic carbocycles. The van der Waals surface area contributed by atoms with Gasteiger partial charge in [-0.3, -0.25) is 4.79 Å². The van der Waals surface area contributed by atoms with Crippen molar-refractivity contribution in [2.75, 3.05) is 18.9 Å². The van der Waals surface area contributed by atoms with Crippen LogP contribution in [0.25, 0.3) is 0 Å². The van der Waals surface area contributed by atoms with Crippen LogP contribution in [-0.4, -0.2) is 24.5 Å². The third kappa shape index (κ3) is 3.96. The summed E-state index contributed by atoms with van der Waals surface area (Å²) >= 11 is 0. The Kier molecular flexibility index (Phi) is 5.21. The summed E-state index contributed by atoms with van der Waals surface area (Å²) in [6.07, 6.45) is 3.81. The fraction of sp³-hybridized carbons (Fsp3) is 0.647. The summed E-state index contributed by atoms with van der Waals surface area (Å²) in [6.45, 7) is 7.24. The van der Waals surface area contributed by atoms with Crippen LogP contribution >= 0.6 is 0 Å². The molecule has 4 nitrogen and oxygen atoms in total. The Morgan fingerprint density at radius 3 is 2.71 bits per heavy atom. The van der Waals surface area contributed by atoms with Crippen LogP contribution in [0.1, 0.15) is 62.0 Å².